The summed E-state index contributed by atoms with van der Waals surface area (Å²) in [6, 6.07) is 7.35. The van der Waals surface area contributed by atoms with E-state index in [0.717, 1.165) is 0 Å². The van der Waals surface area contributed by atoms with Gasteiger partial charge in [0.15, 0.2) is 11.5 Å². The van der Waals surface area contributed by atoms with Gasteiger partial charge >= 0.3 is 11.8 Å². The molecule has 118 valence electrons. The quantitative estimate of drug-likeness (QED) is 0.766. The normalized spacial score (nSPS) is 20.4. The predicted octanol–water partition coefficient (Wildman–Crippen LogP) is -0.199. The second kappa shape index (κ2) is 6.65. The lowest BCUT2D eigenvalue weighted by Gasteiger charge is -2.28. The number of carbonyl (C=O) groups excluding carboxylic acids is 2. The maximum absolute atomic E-state index is 12.0. The van der Waals surface area contributed by atoms with Crippen molar-refractivity contribution < 1.29 is 23.8 Å². The monoisotopic (exact) mass is 306 g/mol. The summed E-state index contributed by atoms with van der Waals surface area (Å²) in [6.07, 6.45) is -0.309. The summed E-state index contributed by atoms with van der Waals surface area (Å²) in [5.74, 6) is 0.187. The van der Waals surface area contributed by atoms with Crippen LogP contribution in [0.2, 0.25) is 0 Å². The molecule has 22 heavy (non-hydrogen) atoms. The first kappa shape index (κ1) is 14.6. The van der Waals surface area contributed by atoms with Crippen LogP contribution in [0.3, 0.4) is 0 Å². The van der Waals surface area contributed by atoms with Crippen molar-refractivity contribution in [1.82, 2.24) is 10.2 Å². The van der Waals surface area contributed by atoms with E-state index >= 15 is 0 Å². The number of ether oxygens (including phenoxy) is 3. The van der Waals surface area contributed by atoms with Crippen molar-refractivity contribution in [2.45, 2.75) is 6.10 Å². The molecule has 0 bridgehead atoms. The summed E-state index contributed by atoms with van der Waals surface area (Å²) in [5, 5.41) is 2.60. The van der Waals surface area contributed by atoms with Crippen LogP contribution in [0.25, 0.3) is 0 Å². The van der Waals surface area contributed by atoms with Crippen LogP contribution in [-0.2, 0) is 14.3 Å². The molecule has 0 unspecified atom stereocenters. The summed E-state index contributed by atoms with van der Waals surface area (Å²) >= 11 is 0. The van der Waals surface area contributed by atoms with Crippen molar-refractivity contribution in [2.75, 3.05) is 39.5 Å². The Morgan fingerprint density at radius 3 is 2.68 bits per heavy atom. The predicted molar refractivity (Wildman–Crippen MR) is 76.8 cm³/mol. The van der Waals surface area contributed by atoms with Gasteiger partial charge in [-0.2, -0.15) is 0 Å². The Balaban J connectivity index is 1.48. The molecule has 1 N–H and O–H groups in total. The molecule has 0 aliphatic carbocycles. The molecular formula is C15H18N2O5. The third kappa shape index (κ3) is 3.30. The van der Waals surface area contributed by atoms with E-state index < -0.39 is 11.8 Å². The number of benzene rings is 1. The number of fused-ring (bicyclic) bond motifs is 1. The highest BCUT2D eigenvalue weighted by Gasteiger charge is 2.26. The van der Waals surface area contributed by atoms with Crippen molar-refractivity contribution in [3.8, 4) is 11.5 Å². The van der Waals surface area contributed by atoms with Crippen LogP contribution < -0.4 is 14.8 Å². The van der Waals surface area contributed by atoms with Gasteiger partial charge in [0.05, 0.1) is 19.8 Å². The van der Waals surface area contributed by atoms with Crippen molar-refractivity contribution >= 4 is 11.8 Å². The molecule has 0 saturated carbocycles. The molecule has 1 saturated heterocycles. The van der Waals surface area contributed by atoms with Gasteiger partial charge in [-0.25, -0.2) is 0 Å². The third-order valence-corrected chi connectivity index (χ3v) is 3.55. The lowest BCUT2D eigenvalue weighted by Crippen LogP contribution is -2.50. The van der Waals surface area contributed by atoms with Crippen LogP contribution in [0, 0.1) is 0 Å². The molecule has 0 radical (unpaired) electrons. The second-order valence-electron chi connectivity index (χ2n) is 5.11. The number of hydrogen-bond donors (Lipinski definition) is 1. The van der Waals surface area contributed by atoms with Gasteiger partial charge in [0.1, 0.15) is 12.7 Å². The zero-order chi connectivity index (χ0) is 15.4. The van der Waals surface area contributed by atoms with Crippen LogP contribution in [-0.4, -0.2) is 62.3 Å². The fraction of sp³-hybridized carbons (Fsp3) is 0.467. The molecule has 1 fully saturated rings. The van der Waals surface area contributed by atoms with E-state index in [1.165, 1.54) is 4.90 Å². The van der Waals surface area contributed by atoms with E-state index in [2.05, 4.69) is 5.32 Å². The van der Waals surface area contributed by atoms with Gasteiger partial charge in [-0.15, -0.1) is 0 Å². The van der Waals surface area contributed by atoms with Crippen LogP contribution in [0.15, 0.2) is 24.3 Å². The van der Waals surface area contributed by atoms with E-state index in [-0.39, 0.29) is 12.6 Å². The summed E-state index contributed by atoms with van der Waals surface area (Å²) in [5.41, 5.74) is 0. The lowest BCUT2D eigenvalue weighted by atomic mass is 10.2. The molecule has 1 aromatic carbocycles. The largest absolute Gasteiger partial charge is 0.486 e. The number of hydrogen-bond acceptors (Lipinski definition) is 5. The molecule has 2 aliphatic heterocycles. The Morgan fingerprint density at radius 1 is 1.18 bits per heavy atom. The highest BCUT2D eigenvalue weighted by atomic mass is 16.6. The smallest absolute Gasteiger partial charge is 0.312 e. The molecule has 7 nitrogen and oxygen atoms in total. The van der Waals surface area contributed by atoms with E-state index in [4.69, 9.17) is 14.2 Å². The maximum atomic E-state index is 12.0. The number of carbonyl (C=O) groups is 2. The van der Waals surface area contributed by atoms with Crippen LogP contribution in [0.5, 0.6) is 11.5 Å². The standard InChI is InChI=1S/C15H18N2O5/c18-14(15(19)17-5-7-20-8-6-17)16-9-11-10-21-12-3-1-2-4-13(12)22-11/h1-4,11H,5-10H2,(H,16,18)/t11-/m1/s1. The second-order valence-corrected chi connectivity index (χ2v) is 5.11. The Labute approximate surface area is 128 Å². The number of nitrogens with one attached hydrogen (secondary N) is 1. The third-order valence-electron chi connectivity index (χ3n) is 3.55. The minimum absolute atomic E-state index is 0.225. The number of amides is 2. The molecule has 0 aromatic heterocycles. The first-order valence-electron chi connectivity index (χ1n) is 7.27. The Morgan fingerprint density at radius 2 is 1.91 bits per heavy atom. The van der Waals surface area contributed by atoms with Gasteiger partial charge in [0, 0.05) is 13.1 Å². The minimum Gasteiger partial charge on any atom is -0.486 e. The van der Waals surface area contributed by atoms with Gasteiger partial charge in [0.25, 0.3) is 0 Å². The van der Waals surface area contributed by atoms with Crippen molar-refractivity contribution in [3.05, 3.63) is 24.3 Å². The zero-order valence-corrected chi connectivity index (χ0v) is 12.1. The van der Waals surface area contributed by atoms with Crippen LogP contribution in [0.1, 0.15) is 0 Å². The topological polar surface area (TPSA) is 77.1 Å². The number of para-hydroxylation sites is 2. The number of morpholine rings is 1. The Hall–Kier alpha value is -2.28. The molecule has 2 aliphatic rings. The maximum Gasteiger partial charge on any atom is 0.312 e. The number of rotatable bonds is 2. The molecule has 2 amide bonds. The SMILES string of the molecule is O=C(NC[C@@H]1COc2ccccc2O1)C(=O)N1CCOCC1. The van der Waals surface area contributed by atoms with E-state index in [0.29, 0.717) is 44.4 Å². The Bertz CT molecular complexity index is 557. The van der Waals surface area contributed by atoms with E-state index in [1.54, 1.807) is 0 Å². The van der Waals surface area contributed by atoms with E-state index in [9.17, 15) is 9.59 Å². The zero-order valence-electron chi connectivity index (χ0n) is 12.1. The van der Waals surface area contributed by atoms with Crippen molar-refractivity contribution in [2.24, 2.45) is 0 Å². The molecule has 0 spiro atoms. The number of nitrogens with zero attached hydrogens (tertiary/aromatic N) is 1. The summed E-state index contributed by atoms with van der Waals surface area (Å²) in [7, 11) is 0. The van der Waals surface area contributed by atoms with Crippen molar-refractivity contribution in [3.63, 3.8) is 0 Å². The van der Waals surface area contributed by atoms with Gasteiger partial charge in [-0.05, 0) is 12.1 Å². The molecular weight excluding hydrogens is 288 g/mol. The first-order chi connectivity index (χ1) is 10.7. The molecule has 2 heterocycles. The van der Waals surface area contributed by atoms with Crippen LogP contribution in [0.4, 0.5) is 0 Å². The average molecular weight is 306 g/mol. The molecule has 1 aromatic rings. The summed E-state index contributed by atoms with van der Waals surface area (Å²) in [4.78, 5) is 25.3. The fourth-order valence-electron chi connectivity index (χ4n) is 2.36. The first-order valence-corrected chi connectivity index (χ1v) is 7.27. The van der Waals surface area contributed by atoms with Crippen LogP contribution >= 0.6 is 0 Å². The fourth-order valence-corrected chi connectivity index (χ4v) is 2.36. The minimum atomic E-state index is -0.621. The van der Waals surface area contributed by atoms with Gasteiger partial charge in [-0.3, -0.25) is 9.59 Å². The van der Waals surface area contributed by atoms with Gasteiger partial charge in [0.2, 0.25) is 0 Å². The summed E-state index contributed by atoms with van der Waals surface area (Å²) < 4.78 is 16.4. The Kier molecular flexibility index (Phi) is 4.43. The molecule has 7 heteroatoms. The lowest BCUT2D eigenvalue weighted by molar-refractivity contribution is -0.148. The van der Waals surface area contributed by atoms with Crippen molar-refractivity contribution in [1.29, 1.82) is 0 Å². The van der Waals surface area contributed by atoms with Gasteiger partial charge in [-0.1, -0.05) is 12.1 Å². The molecule has 3 rings (SSSR count). The summed E-state index contributed by atoms with van der Waals surface area (Å²) in [6.45, 7) is 2.39. The van der Waals surface area contributed by atoms with Gasteiger partial charge < -0.3 is 24.4 Å². The highest BCUT2D eigenvalue weighted by molar-refractivity contribution is 6.35. The van der Waals surface area contributed by atoms with E-state index in [1.807, 2.05) is 24.3 Å². The molecule has 1 atom stereocenters. The highest BCUT2D eigenvalue weighted by Crippen LogP contribution is 2.30. The average Bonchev–Trinajstić information content (AvgIpc) is 2.59.